The SMILES string of the molecule is O=C(COc1cc(Cl)c(Cl)cc1Cl)NC1CC2CCC(C1)N2. The number of hydrogen-bond donors (Lipinski definition) is 2. The largest absolute Gasteiger partial charge is 0.482 e. The average molecular weight is 364 g/mol. The fourth-order valence-electron chi connectivity index (χ4n) is 3.20. The second-order valence-corrected chi connectivity index (χ2v) is 7.08. The second-order valence-electron chi connectivity index (χ2n) is 5.86. The average Bonchev–Trinajstić information content (AvgIpc) is 2.80. The minimum absolute atomic E-state index is 0.0864. The number of halogens is 3. The van der Waals surface area contributed by atoms with Gasteiger partial charge in [-0.05, 0) is 31.7 Å². The Hall–Kier alpha value is -0.680. The van der Waals surface area contributed by atoms with Crippen LogP contribution < -0.4 is 15.4 Å². The van der Waals surface area contributed by atoms with Gasteiger partial charge in [-0.1, -0.05) is 34.8 Å². The molecule has 4 nitrogen and oxygen atoms in total. The Kier molecular flexibility index (Phi) is 5.03. The number of hydrogen-bond acceptors (Lipinski definition) is 3. The van der Waals surface area contributed by atoms with Crippen molar-refractivity contribution < 1.29 is 9.53 Å². The molecule has 0 saturated carbocycles. The molecule has 2 fully saturated rings. The molecule has 3 rings (SSSR count). The predicted molar refractivity (Wildman–Crippen MR) is 88.1 cm³/mol. The van der Waals surface area contributed by atoms with Crippen molar-refractivity contribution in [1.29, 1.82) is 0 Å². The Morgan fingerprint density at radius 2 is 1.77 bits per heavy atom. The Morgan fingerprint density at radius 3 is 2.45 bits per heavy atom. The van der Waals surface area contributed by atoms with Crippen molar-refractivity contribution in [3.8, 4) is 5.75 Å². The van der Waals surface area contributed by atoms with Gasteiger partial charge in [0.25, 0.3) is 5.91 Å². The van der Waals surface area contributed by atoms with Crippen LogP contribution in [0.3, 0.4) is 0 Å². The zero-order valence-electron chi connectivity index (χ0n) is 11.9. The van der Waals surface area contributed by atoms with Gasteiger partial charge in [0.15, 0.2) is 6.61 Å². The van der Waals surface area contributed by atoms with E-state index in [9.17, 15) is 4.79 Å². The number of benzene rings is 1. The molecule has 1 aromatic carbocycles. The molecule has 1 amide bonds. The molecule has 22 heavy (non-hydrogen) atoms. The number of carbonyl (C=O) groups excluding carboxylic acids is 1. The number of amides is 1. The first-order valence-electron chi connectivity index (χ1n) is 7.34. The third-order valence-electron chi connectivity index (χ3n) is 4.17. The standard InChI is InChI=1S/C15H17Cl3N2O2/c16-11-5-13(18)14(6-12(11)17)22-7-15(21)20-10-3-8-1-2-9(4-10)19-8/h5-6,8-10,19H,1-4,7H2,(H,20,21). The summed E-state index contributed by atoms with van der Waals surface area (Å²) in [6, 6.07) is 4.32. The molecule has 2 heterocycles. The van der Waals surface area contributed by atoms with Crippen LogP contribution in [0.5, 0.6) is 5.75 Å². The molecular formula is C15H17Cl3N2O2. The van der Waals surface area contributed by atoms with Crippen LogP contribution in [0.25, 0.3) is 0 Å². The highest BCUT2D eigenvalue weighted by molar-refractivity contribution is 6.43. The highest BCUT2D eigenvalue weighted by Gasteiger charge is 2.33. The van der Waals surface area contributed by atoms with Crippen molar-refractivity contribution in [1.82, 2.24) is 10.6 Å². The van der Waals surface area contributed by atoms with E-state index in [1.807, 2.05) is 0 Å². The summed E-state index contributed by atoms with van der Waals surface area (Å²) in [5.74, 6) is 0.213. The maximum absolute atomic E-state index is 12.0. The van der Waals surface area contributed by atoms with Gasteiger partial charge >= 0.3 is 0 Å². The van der Waals surface area contributed by atoms with Crippen molar-refractivity contribution in [2.75, 3.05) is 6.61 Å². The maximum Gasteiger partial charge on any atom is 0.258 e. The molecule has 1 aromatic rings. The van der Waals surface area contributed by atoms with Crippen molar-refractivity contribution in [3.63, 3.8) is 0 Å². The maximum atomic E-state index is 12.0. The van der Waals surface area contributed by atoms with Gasteiger partial charge in [0.2, 0.25) is 0 Å². The van der Waals surface area contributed by atoms with Crippen LogP contribution in [-0.2, 0) is 4.79 Å². The first-order valence-corrected chi connectivity index (χ1v) is 8.47. The lowest BCUT2D eigenvalue weighted by atomic mass is 10.00. The van der Waals surface area contributed by atoms with E-state index in [-0.39, 0.29) is 18.6 Å². The summed E-state index contributed by atoms with van der Waals surface area (Å²) < 4.78 is 5.44. The molecule has 2 aliphatic rings. The van der Waals surface area contributed by atoms with Crippen LogP contribution >= 0.6 is 34.8 Å². The van der Waals surface area contributed by atoms with Gasteiger partial charge in [-0.3, -0.25) is 4.79 Å². The lowest BCUT2D eigenvalue weighted by molar-refractivity contribution is -0.124. The quantitative estimate of drug-likeness (QED) is 0.806. The second kappa shape index (κ2) is 6.83. The van der Waals surface area contributed by atoms with Gasteiger partial charge in [0, 0.05) is 24.2 Å². The molecule has 0 aliphatic carbocycles. The number of fused-ring (bicyclic) bond motifs is 2. The molecule has 2 atom stereocenters. The first kappa shape index (κ1) is 16.2. The van der Waals surface area contributed by atoms with E-state index in [0.29, 0.717) is 32.9 Å². The number of ether oxygens (including phenoxy) is 1. The number of rotatable bonds is 4. The van der Waals surface area contributed by atoms with Gasteiger partial charge < -0.3 is 15.4 Å². The molecule has 2 saturated heterocycles. The summed E-state index contributed by atoms with van der Waals surface area (Å²) in [7, 11) is 0. The molecular weight excluding hydrogens is 347 g/mol. The van der Waals surface area contributed by atoms with Gasteiger partial charge in [0.05, 0.1) is 15.1 Å². The molecule has 2 N–H and O–H groups in total. The topological polar surface area (TPSA) is 50.4 Å². The van der Waals surface area contributed by atoms with E-state index in [4.69, 9.17) is 39.5 Å². The van der Waals surface area contributed by atoms with E-state index in [1.165, 1.54) is 25.0 Å². The van der Waals surface area contributed by atoms with E-state index in [1.54, 1.807) is 0 Å². The zero-order valence-corrected chi connectivity index (χ0v) is 14.1. The lowest BCUT2D eigenvalue weighted by Crippen LogP contribution is -2.48. The Bertz CT molecular complexity index is 570. The summed E-state index contributed by atoms with van der Waals surface area (Å²) in [6.45, 7) is -0.0864. The highest BCUT2D eigenvalue weighted by Crippen LogP contribution is 2.33. The number of carbonyl (C=O) groups is 1. The Morgan fingerprint density at radius 1 is 1.14 bits per heavy atom. The summed E-state index contributed by atoms with van der Waals surface area (Å²) in [5.41, 5.74) is 0. The van der Waals surface area contributed by atoms with Crippen LogP contribution in [0.4, 0.5) is 0 Å². The van der Waals surface area contributed by atoms with Crippen LogP contribution in [0.2, 0.25) is 15.1 Å². The van der Waals surface area contributed by atoms with Crippen LogP contribution in [0, 0.1) is 0 Å². The summed E-state index contributed by atoms with van der Waals surface area (Å²) in [5, 5.41) is 7.61. The zero-order chi connectivity index (χ0) is 15.7. The van der Waals surface area contributed by atoms with Crippen molar-refractivity contribution >= 4 is 40.7 Å². The normalized spacial score (nSPS) is 26.8. The first-order chi connectivity index (χ1) is 10.5. The fourth-order valence-corrected chi connectivity index (χ4v) is 3.79. The van der Waals surface area contributed by atoms with E-state index in [0.717, 1.165) is 12.8 Å². The number of piperidine rings is 1. The third kappa shape index (κ3) is 3.80. The molecule has 0 aromatic heterocycles. The fraction of sp³-hybridized carbons (Fsp3) is 0.533. The number of nitrogens with one attached hydrogen (secondary N) is 2. The molecule has 2 aliphatic heterocycles. The van der Waals surface area contributed by atoms with E-state index < -0.39 is 0 Å². The van der Waals surface area contributed by atoms with Gasteiger partial charge in [-0.15, -0.1) is 0 Å². The Balaban J connectivity index is 1.51. The van der Waals surface area contributed by atoms with Crippen LogP contribution in [-0.4, -0.2) is 30.6 Å². The van der Waals surface area contributed by atoms with E-state index in [2.05, 4.69) is 10.6 Å². The van der Waals surface area contributed by atoms with Crippen molar-refractivity contribution in [2.24, 2.45) is 0 Å². The highest BCUT2D eigenvalue weighted by atomic mass is 35.5. The van der Waals surface area contributed by atoms with Crippen LogP contribution in [0.1, 0.15) is 25.7 Å². The summed E-state index contributed by atoms with van der Waals surface area (Å²) >= 11 is 17.8. The van der Waals surface area contributed by atoms with Crippen molar-refractivity contribution in [2.45, 2.75) is 43.8 Å². The molecule has 2 unspecified atom stereocenters. The van der Waals surface area contributed by atoms with E-state index >= 15 is 0 Å². The minimum atomic E-state index is -0.145. The molecule has 2 bridgehead atoms. The van der Waals surface area contributed by atoms with Gasteiger partial charge in [0.1, 0.15) is 5.75 Å². The molecule has 120 valence electrons. The van der Waals surface area contributed by atoms with Crippen LogP contribution in [0.15, 0.2) is 12.1 Å². The summed E-state index contributed by atoms with van der Waals surface area (Å²) in [4.78, 5) is 12.0. The van der Waals surface area contributed by atoms with Gasteiger partial charge in [-0.25, -0.2) is 0 Å². The van der Waals surface area contributed by atoms with Crippen molar-refractivity contribution in [3.05, 3.63) is 27.2 Å². The Labute approximate surface area is 144 Å². The third-order valence-corrected chi connectivity index (χ3v) is 5.19. The minimum Gasteiger partial charge on any atom is -0.482 e. The van der Waals surface area contributed by atoms with Gasteiger partial charge in [-0.2, -0.15) is 0 Å². The molecule has 0 radical (unpaired) electrons. The lowest BCUT2D eigenvalue weighted by Gasteiger charge is -2.29. The monoisotopic (exact) mass is 362 g/mol. The summed E-state index contributed by atoms with van der Waals surface area (Å²) in [6.07, 6.45) is 4.37. The smallest absolute Gasteiger partial charge is 0.258 e. The molecule has 0 spiro atoms. The predicted octanol–water partition coefficient (Wildman–Crippen LogP) is 3.42. The molecule has 7 heteroatoms.